The fourth-order valence-electron chi connectivity index (χ4n) is 2.48. The first-order valence-electron chi connectivity index (χ1n) is 8.26. The Labute approximate surface area is 146 Å². The Kier molecular flexibility index (Phi) is 5.23. The van der Waals surface area contributed by atoms with E-state index in [0.29, 0.717) is 31.1 Å². The second-order valence-electron chi connectivity index (χ2n) is 6.07. The van der Waals surface area contributed by atoms with Crippen molar-refractivity contribution in [1.82, 2.24) is 25.2 Å². The van der Waals surface area contributed by atoms with E-state index in [9.17, 15) is 4.79 Å². The number of benzene rings is 1. The zero-order valence-electron chi connectivity index (χ0n) is 14.3. The third-order valence-corrected chi connectivity index (χ3v) is 3.77. The maximum atomic E-state index is 12.0. The number of aryl methyl sites for hydroxylation is 2. The number of carbonyl (C=O) groups is 1. The summed E-state index contributed by atoms with van der Waals surface area (Å²) in [6.07, 6.45) is 4.31. The van der Waals surface area contributed by atoms with Gasteiger partial charge in [-0.25, -0.2) is 0 Å². The highest BCUT2D eigenvalue weighted by atomic mass is 16.5. The first kappa shape index (κ1) is 16.9. The third kappa shape index (κ3) is 4.76. The van der Waals surface area contributed by atoms with Crippen LogP contribution < -0.4 is 5.32 Å². The molecule has 25 heavy (non-hydrogen) atoms. The molecule has 0 radical (unpaired) electrons. The molecule has 1 aromatic carbocycles. The highest BCUT2D eigenvalue weighted by Crippen LogP contribution is 2.16. The summed E-state index contributed by atoms with van der Waals surface area (Å²) in [4.78, 5) is 16.4. The van der Waals surface area contributed by atoms with Crippen LogP contribution in [0.5, 0.6) is 0 Å². The Morgan fingerprint density at radius 2 is 2.12 bits per heavy atom. The summed E-state index contributed by atoms with van der Waals surface area (Å²) in [6.45, 7) is 4.61. The minimum atomic E-state index is -0.0465. The van der Waals surface area contributed by atoms with E-state index in [1.165, 1.54) is 5.56 Å². The average Bonchev–Trinajstić information content (AvgIpc) is 3.25. The smallest absolute Gasteiger partial charge is 0.227 e. The normalized spacial score (nSPS) is 12.1. The number of nitrogens with zero attached hydrogens (tertiary/aromatic N) is 4. The van der Waals surface area contributed by atoms with Gasteiger partial charge >= 0.3 is 0 Å². The lowest BCUT2D eigenvalue weighted by atomic mass is 10.1. The third-order valence-electron chi connectivity index (χ3n) is 3.77. The van der Waals surface area contributed by atoms with Gasteiger partial charge in [-0.2, -0.15) is 10.1 Å². The maximum Gasteiger partial charge on any atom is 0.227 e. The lowest BCUT2D eigenvalue weighted by Crippen LogP contribution is -2.35. The monoisotopic (exact) mass is 339 g/mol. The van der Waals surface area contributed by atoms with Crippen molar-refractivity contribution >= 4 is 5.91 Å². The van der Waals surface area contributed by atoms with Gasteiger partial charge in [-0.1, -0.05) is 35.0 Å². The van der Waals surface area contributed by atoms with E-state index in [1.54, 1.807) is 10.9 Å². The lowest BCUT2D eigenvalue weighted by molar-refractivity contribution is -0.121. The van der Waals surface area contributed by atoms with Gasteiger partial charge in [-0.3, -0.25) is 9.48 Å². The highest BCUT2D eigenvalue weighted by molar-refractivity contribution is 5.76. The van der Waals surface area contributed by atoms with Crippen LogP contribution in [0.15, 0.2) is 47.2 Å². The second kappa shape index (κ2) is 7.74. The molecule has 0 saturated carbocycles. The molecule has 0 aliphatic carbocycles. The van der Waals surface area contributed by atoms with Crippen molar-refractivity contribution in [3.05, 3.63) is 54.2 Å². The number of hydrogen-bond donors (Lipinski definition) is 1. The second-order valence-corrected chi connectivity index (χ2v) is 6.07. The first-order chi connectivity index (χ1) is 12.1. The molecule has 7 heteroatoms. The van der Waals surface area contributed by atoms with Crippen molar-refractivity contribution in [3.8, 4) is 11.4 Å². The van der Waals surface area contributed by atoms with E-state index in [0.717, 1.165) is 5.56 Å². The molecule has 2 aromatic heterocycles. The molecule has 0 fully saturated rings. The van der Waals surface area contributed by atoms with Crippen LogP contribution in [0.4, 0.5) is 0 Å². The Hall–Kier alpha value is -2.96. The van der Waals surface area contributed by atoms with Crippen molar-refractivity contribution in [2.24, 2.45) is 0 Å². The van der Waals surface area contributed by atoms with E-state index in [2.05, 4.69) is 20.6 Å². The van der Waals surface area contributed by atoms with Crippen LogP contribution in [0.3, 0.4) is 0 Å². The first-order valence-corrected chi connectivity index (χ1v) is 8.26. The summed E-state index contributed by atoms with van der Waals surface area (Å²) in [6, 6.07) is 9.76. The molecule has 130 valence electrons. The minimum absolute atomic E-state index is 0.00166. The van der Waals surface area contributed by atoms with Crippen molar-refractivity contribution in [2.45, 2.75) is 39.3 Å². The zero-order chi connectivity index (χ0) is 17.6. The largest absolute Gasteiger partial charge is 0.352 e. The van der Waals surface area contributed by atoms with E-state index in [-0.39, 0.29) is 11.9 Å². The number of aromatic nitrogens is 4. The Morgan fingerprint density at radius 1 is 1.32 bits per heavy atom. The lowest BCUT2D eigenvalue weighted by Gasteiger charge is -2.13. The SMILES string of the molecule is Cc1ccc(-c2noc(CCC(=O)N[C@@H](C)Cn3cccn3)n2)cc1. The van der Waals surface area contributed by atoms with Crippen LogP contribution in [-0.2, 0) is 17.8 Å². The summed E-state index contributed by atoms with van der Waals surface area (Å²) in [5.74, 6) is 0.961. The number of hydrogen-bond acceptors (Lipinski definition) is 5. The topological polar surface area (TPSA) is 85.8 Å². The van der Waals surface area contributed by atoms with E-state index in [1.807, 2.05) is 50.4 Å². The Balaban J connectivity index is 1.48. The Bertz CT molecular complexity index is 808. The summed E-state index contributed by atoms with van der Waals surface area (Å²) < 4.78 is 7.02. The van der Waals surface area contributed by atoms with Gasteiger partial charge in [0.2, 0.25) is 17.6 Å². The number of nitrogens with one attached hydrogen (secondary N) is 1. The fraction of sp³-hybridized carbons (Fsp3) is 0.333. The molecule has 3 rings (SSSR count). The molecular weight excluding hydrogens is 318 g/mol. The molecule has 1 amide bonds. The van der Waals surface area contributed by atoms with E-state index < -0.39 is 0 Å². The highest BCUT2D eigenvalue weighted by Gasteiger charge is 2.12. The van der Waals surface area contributed by atoms with Crippen LogP contribution in [0.1, 0.15) is 24.8 Å². The molecule has 0 unspecified atom stereocenters. The zero-order valence-corrected chi connectivity index (χ0v) is 14.3. The van der Waals surface area contributed by atoms with Crippen LogP contribution in [0, 0.1) is 6.92 Å². The van der Waals surface area contributed by atoms with Crippen LogP contribution in [-0.4, -0.2) is 31.9 Å². The molecule has 3 aromatic rings. The van der Waals surface area contributed by atoms with Crippen LogP contribution in [0.2, 0.25) is 0 Å². The molecule has 0 spiro atoms. The summed E-state index contributed by atoms with van der Waals surface area (Å²) in [7, 11) is 0. The number of carbonyl (C=O) groups excluding carboxylic acids is 1. The summed E-state index contributed by atoms with van der Waals surface area (Å²) in [5, 5.41) is 11.0. The molecule has 0 aliphatic heterocycles. The maximum absolute atomic E-state index is 12.0. The average molecular weight is 339 g/mol. The minimum Gasteiger partial charge on any atom is -0.352 e. The molecule has 0 aliphatic rings. The van der Waals surface area contributed by atoms with Crippen molar-refractivity contribution in [2.75, 3.05) is 0 Å². The van der Waals surface area contributed by atoms with Gasteiger partial charge in [0.05, 0.1) is 6.54 Å². The number of rotatable bonds is 7. The van der Waals surface area contributed by atoms with Gasteiger partial charge in [0.1, 0.15) is 0 Å². The molecular formula is C18H21N5O2. The quantitative estimate of drug-likeness (QED) is 0.714. The van der Waals surface area contributed by atoms with Crippen molar-refractivity contribution in [1.29, 1.82) is 0 Å². The van der Waals surface area contributed by atoms with E-state index in [4.69, 9.17) is 4.52 Å². The van der Waals surface area contributed by atoms with Gasteiger partial charge in [0.15, 0.2) is 0 Å². The molecule has 7 nitrogen and oxygen atoms in total. The molecule has 2 heterocycles. The van der Waals surface area contributed by atoms with Gasteiger partial charge in [0.25, 0.3) is 0 Å². The molecule has 0 bridgehead atoms. The summed E-state index contributed by atoms with van der Waals surface area (Å²) >= 11 is 0. The van der Waals surface area contributed by atoms with E-state index >= 15 is 0 Å². The predicted octanol–water partition coefficient (Wildman–Crippen LogP) is 2.38. The number of amides is 1. The van der Waals surface area contributed by atoms with Gasteiger partial charge in [-0.15, -0.1) is 0 Å². The van der Waals surface area contributed by atoms with Gasteiger partial charge in [-0.05, 0) is 19.9 Å². The van der Waals surface area contributed by atoms with Crippen LogP contribution in [0.25, 0.3) is 11.4 Å². The fourth-order valence-corrected chi connectivity index (χ4v) is 2.48. The molecule has 0 saturated heterocycles. The predicted molar refractivity (Wildman–Crippen MR) is 92.6 cm³/mol. The van der Waals surface area contributed by atoms with Crippen molar-refractivity contribution in [3.63, 3.8) is 0 Å². The van der Waals surface area contributed by atoms with Gasteiger partial charge in [0, 0.05) is 36.8 Å². The molecule has 1 N–H and O–H groups in total. The van der Waals surface area contributed by atoms with Crippen molar-refractivity contribution < 1.29 is 9.32 Å². The van der Waals surface area contributed by atoms with Gasteiger partial charge < -0.3 is 9.84 Å². The summed E-state index contributed by atoms with van der Waals surface area (Å²) in [5.41, 5.74) is 2.08. The van der Waals surface area contributed by atoms with Crippen LogP contribution >= 0.6 is 0 Å². The molecule has 1 atom stereocenters. The standard InChI is InChI=1S/C18H21N5O2/c1-13-4-6-15(7-5-13)18-21-17(25-22-18)9-8-16(24)20-14(2)12-23-11-3-10-19-23/h3-7,10-11,14H,8-9,12H2,1-2H3,(H,20,24)/t14-/m0/s1. The Morgan fingerprint density at radius 3 is 2.84 bits per heavy atom.